The number of carbonyl (C=O) groups is 1. The molecule has 0 atom stereocenters. The second kappa shape index (κ2) is 9.28. The lowest BCUT2D eigenvalue weighted by Gasteiger charge is -2.11. The van der Waals surface area contributed by atoms with Crippen LogP contribution < -0.4 is 10.1 Å². The third-order valence-corrected chi connectivity index (χ3v) is 5.30. The minimum atomic E-state index is -0.365. The number of hydrogen-bond acceptors (Lipinski definition) is 6. The molecule has 0 amide bonds. The number of esters is 1. The molecule has 0 fully saturated rings. The molecule has 170 valence electrons. The average molecular weight is 448 g/mol. The molecule has 33 heavy (non-hydrogen) atoms. The molecule has 0 bridgehead atoms. The number of methoxy groups -OCH3 is 1. The zero-order valence-electron chi connectivity index (χ0n) is 18.9. The van der Waals surface area contributed by atoms with Crippen LogP contribution in [-0.2, 0) is 23.0 Å². The van der Waals surface area contributed by atoms with Crippen LogP contribution in [-0.4, -0.2) is 27.6 Å². The largest absolute Gasteiger partial charge is 0.469 e. The highest BCUT2D eigenvalue weighted by Gasteiger charge is 2.13. The molecule has 4 rings (SSSR count). The Morgan fingerprint density at radius 3 is 2.67 bits per heavy atom. The van der Waals surface area contributed by atoms with Crippen molar-refractivity contribution in [1.82, 2.24) is 14.5 Å². The Hall–Kier alpha value is -3.94. The maximum absolute atomic E-state index is 14.0. The normalized spacial score (nSPS) is 11.1. The number of halogens is 1. The standard InChI is InChI=1S/C25H25FN4O3/c1-15(2)20-12-16(5-7-21(20)26)28-25-29-22-14-18(6-8-23(22)30(25)3)33-19-9-10-27-17(11-19)13-24(31)32-4/h5-12,14-15H,13H2,1-4H3,(H,28,29). The highest BCUT2D eigenvalue weighted by molar-refractivity contribution is 5.81. The van der Waals surface area contributed by atoms with E-state index in [1.807, 2.05) is 49.7 Å². The van der Waals surface area contributed by atoms with E-state index in [4.69, 9.17) is 4.74 Å². The van der Waals surface area contributed by atoms with Crippen molar-refractivity contribution in [2.75, 3.05) is 12.4 Å². The summed E-state index contributed by atoms with van der Waals surface area (Å²) < 4.78 is 26.6. The summed E-state index contributed by atoms with van der Waals surface area (Å²) in [4.78, 5) is 20.3. The number of carbonyl (C=O) groups excluding carboxylic acids is 1. The summed E-state index contributed by atoms with van der Waals surface area (Å²) in [6, 6.07) is 14.0. The number of nitrogens with one attached hydrogen (secondary N) is 1. The fraction of sp³-hybridized carbons (Fsp3) is 0.240. The van der Waals surface area contributed by atoms with Crippen LogP contribution >= 0.6 is 0 Å². The highest BCUT2D eigenvalue weighted by Crippen LogP contribution is 2.29. The Morgan fingerprint density at radius 1 is 1.12 bits per heavy atom. The molecule has 0 aliphatic carbocycles. The van der Waals surface area contributed by atoms with Crippen molar-refractivity contribution in [2.45, 2.75) is 26.2 Å². The molecular formula is C25H25FN4O3. The van der Waals surface area contributed by atoms with Crippen LogP contribution in [0.4, 0.5) is 16.0 Å². The molecule has 0 saturated heterocycles. The SMILES string of the molecule is COC(=O)Cc1cc(Oc2ccc3c(c2)nc(Nc2ccc(F)c(C(C)C)c2)n3C)ccn1. The van der Waals surface area contributed by atoms with Crippen LogP contribution in [0.3, 0.4) is 0 Å². The summed E-state index contributed by atoms with van der Waals surface area (Å²) in [6.45, 7) is 3.92. The summed E-state index contributed by atoms with van der Waals surface area (Å²) in [5.41, 5.74) is 3.64. The Morgan fingerprint density at radius 2 is 1.91 bits per heavy atom. The molecule has 8 heteroatoms. The molecule has 0 aliphatic heterocycles. The fourth-order valence-corrected chi connectivity index (χ4v) is 3.52. The van der Waals surface area contributed by atoms with E-state index in [1.165, 1.54) is 13.2 Å². The zero-order valence-corrected chi connectivity index (χ0v) is 18.9. The van der Waals surface area contributed by atoms with Gasteiger partial charge in [-0.15, -0.1) is 0 Å². The summed E-state index contributed by atoms with van der Waals surface area (Å²) >= 11 is 0. The van der Waals surface area contributed by atoms with E-state index in [-0.39, 0.29) is 24.1 Å². The number of fused-ring (bicyclic) bond motifs is 1. The number of aromatic nitrogens is 3. The zero-order chi connectivity index (χ0) is 23.5. The van der Waals surface area contributed by atoms with Gasteiger partial charge in [0.25, 0.3) is 0 Å². The summed E-state index contributed by atoms with van der Waals surface area (Å²) in [7, 11) is 3.25. The van der Waals surface area contributed by atoms with E-state index in [9.17, 15) is 9.18 Å². The number of aryl methyl sites for hydroxylation is 1. The van der Waals surface area contributed by atoms with Crippen molar-refractivity contribution in [3.8, 4) is 11.5 Å². The molecule has 0 spiro atoms. The van der Waals surface area contributed by atoms with Gasteiger partial charge in [0.2, 0.25) is 5.95 Å². The molecule has 7 nitrogen and oxygen atoms in total. The molecule has 2 aromatic carbocycles. The van der Waals surface area contributed by atoms with Gasteiger partial charge >= 0.3 is 5.97 Å². The highest BCUT2D eigenvalue weighted by atomic mass is 19.1. The number of ether oxygens (including phenoxy) is 2. The topological polar surface area (TPSA) is 78.3 Å². The molecule has 0 aliphatic rings. The first-order chi connectivity index (χ1) is 15.8. The second-order valence-corrected chi connectivity index (χ2v) is 8.00. The molecule has 0 saturated carbocycles. The van der Waals surface area contributed by atoms with Gasteiger partial charge < -0.3 is 19.4 Å². The van der Waals surface area contributed by atoms with E-state index in [0.717, 1.165) is 16.7 Å². The number of nitrogens with zero attached hydrogens (tertiary/aromatic N) is 3. The van der Waals surface area contributed by atoms with Gasteiger partial charge in [-0.25, -0.2) is 9.37 Å². The van der Waals surface area contributed by atoms with Crippen LogP contribution in [0.2, 0.25) is 0 Å². The van der Waals surface area contributed by atoms with Crippen molar-refractivity contribution >= 4 is 28.6 Å². The van der Waals surface area contributed by atoms with E-state index in [1.54, 1.807) is 24.4 Å². The molecule has 2 heterocycles. The number of benzene rings is 2. The Bertz CT molecular complexity index is 1320. The van der Waals surface area contributed by atoms with Gasteiger partial charge in [0, 0.05) is 31.1 Å². The summed E-state index contributed by atoms with van der Waals surface area (Å²) in [6.07, 6.45) is 1.66. The predicted octanol–water partition coefficient (Wildman–Crippen LogP) is 5.48. The third kappa shape index (κ3) is 4.95. The average Bonchev–Trinajstić information content (AvgIpc) is 3.09. The minimum absolute atomic E-state index is 0.0733. The molecule has 4 aromatic rings. The first-order valence-electron chi connectivity index (χ1n) is 10.6. The Kier molecular flexibility index (Phi) is 6.26. The van der Waals surface area contributed by atoms with Crippen LogP contribution in [0.1, 0.15) is 31.0 Å². The quantitative estimate of drug-likeness (QED) is 0.377. The van der Waals surface area contributed by atoms with E-state index < -0.39 is 0 Å². The van der Waals surface area contributed by atoms with Crippen LogP contribution in [0.25, 0.3) is 11.0 Å². The lowest BCUT2D eigenvalue weighted by Crippen LogP contribution is -2.05. The molecule has 2 aromatic heterocycles. The maximum atomic E-state index is 14.0. The molecular weight excluding hydrogens is 423 g/mol. The summed E-state index contributed by atoms with van der Waals surface area (Å²) in [5, 5.41) is 3.28. The van der Waals surface area contributed by atoms with Crippen LogP contribution in [0, 0.1) is 5.82 Å². The molecule has 1 N–H and O–H groups in total. The van der Waals surface area contributed by atoms with Gasteiger partial charge in [0.15, 0.2) is 0 Å². The van der Waals surface area contributed by atoms with Crippen molar-refractivity contribution < 1.29 is 18.7 Å². The summed E-state index contributed by atoms with van der Waals surface area (Å²) in [5.74, 6) is 1.29. The number of rotatable bonds is 7. The van der Waals surface area contributed by atoms with Gasteiger partial charge in [0.05, 0.1) is 30.3 Å². The number of anilines is 2. The number of hydrogen-bond donors (Lipinski definition) is 1. The minimum Gasteiger partial charge on any atom is -0.469 e. The molecule has 0 unspecified atom stereocenters. The third-order valence-electron chi connectivity index (χ3n) is 5.30. The number of imidazole rings is 1. The predicted molar refractivity (Wildman–Crippen MR) is 125 cm³/mol. The van der Waals surface area contributed by atoms with Gasteiger partial charge in [-0.3, -0.25) is 9.78 Å². The van der Waals surface area contributed by atoms with Gasteiger partial charge in [0.1, 0.15) is 17.3 Å². The number of pyridine rings is 1. The van der Waals surface area contributed by atoms with Gasteiger partial charge in [-0.2, -0.15) is 0 Å². The second-order valence-electron chi connectivity index (χ2n) is 8.00. The van der Waals surface area contributed by atoms with Crippen molar-refractivity contribution in [1.29, 1.82) is 0 Å². The monoisotopic (exact) mass is 448 g/mol. The van der Waals surface area contributed by atoms with Crippen molar-refractivity contribution in [2.24, 2.45) is 7.05 Å². The lowest BCUT2D eigenvalue weighted by molar-refractivity contribution is -0.139. The Labute approximate surface area is 191 Å². The van der Waals surface area contributed by atoms with Crippen molar-refractivity contribution in [3.05, 3.63) is 71.8 Å². The van der Waals surface area contributed by atoms with Gasteiger partial charge in [-0.1, -0.05) is 13.8 Å². The fourth-order valence-electron chi connectivity index (χ4n) is 3.52. The molecule has 0 radical (unpaired) electrons. The van der Waals surface area contributed by atoms with Crippen LogP contribution in [0.15, 0.2) is 54.7 Å². The smallest absolute Gasteiger partial charge is 0.311 e. The van der Waals surface area contributed by atoms with Crippen molar-refractivity contribution in [3.63, 3.8) is 0 Å². The van der Waals surface area contributed by atoms with Gasteiger partial charge in [-0.05, 0) is 47.9 Å². The van der Waals surface area contributed by atoms with E-state index in [0.29, 0.717) is 28.7 Å². The first-order valence-corrected chi connectivity index (χ1v) is 10.6. The Balaban J connectivity index is 1.57. The van der Waals surface area contributed by atoms with E-state index >= 15 is 0 Å². The maximum Gasteiger partial charge on any atom is 0.311 e. The van der Waals surface area contributed by atoms with Crippen LogP contribution in [0.5, 0.6) is 11.5 Å². The van der Waals surface area contributed by atoms with E-state index in [2.05, 4.69) is 20.0 Å². The first kappa shape index (κ1) is 22.3. The lowest BCUT2D eigenvalue weighted by atomic mass is 10.0.